The topological polar surface area (TPSA) is 76.3 Å². The number of hydrogen-bond donors (Lipinski definition) is 0. The number of anilines is 1. The number of sulfone groups is 1. The molecule has 6 nitrogen and oxygen atoms in total. The molecule has 0 spiro atoms. The van der Waals surface area contributed by atoms with Crippen LogP contribution >= 0.6 is 0 Å². The van der Waals surface area contributed by atoms with E-state index < -0.39 is 20.5 Å². The fourth-order valence-electron chi connectivity index (χ4n) is 1.42. The summed E-state index contributed by atoms with van der Waals surface area (Å²) in [6.07, 6.45) is 0. The summed E-state index contributed by atoms with van der Waals surface area (Å²) in [7, 11) is -1.25. The average Bonchev–Trinajstić information content (AvgIpc) is 2.88. The van der Waals surface area contributed by atoms with Gasteiger partial charge >= 0.3 is 5.76 Å². The highest BCUT2D eigenvalue weighted by molar-refractivity contribution is 7.91. The van der Waals surface area contributed by atoms with E-state index in [1.807, 2.05) is 0 Å². The molecule has 2 rings (SSSR count). The fourth-order valence-corrected chi connectivity index (χ4v) is 2.19. The Morgan fingerprint density at radius 3 is 2.55 bits per heavy atom. The smallest absolute Gasteiger partial charge is 0.341 e. The van der Waals surface area contributed by atoms with E-state index in [0.717, 1.165) is 12.1 Å². The van der Waals surface area contributed by atoms with Crippen LogP contribution in [-0.4, -0.2) is 38.4 Å². The van der Waals surface area contributed by atoms with Gasteiger partial charge in [-0.3, -0.25) is 0 Å². The van der Waals surface area contributed by atoms with Gasteiger partial charge < -0.3 is 9.42 Å². The molecule has 0 aliphatic rings. The first-order valence-corrected chi connectivity index (χ1v) is 7.00. The maximum absolute atomic E-state index is 12.5. The number of halogens is 2. The maximum atomic E-state index is 12.5. The Labute approximate surface area is 113 Å². The van der Waals surface area contributed by atoms with E-state index in [9.17, 15) is 17.2 Å². The quantitative estimate of drug-likeness (QED) is 0.857. The van der Waals surface area contributed by atoms with Crippen LogP contribution in [0.4, 0.5) is 14.7 Å². The van der Waals surface area contributed by atoms with Crippen molar-refractivity contribution in [2.75, 3.05) is 19.0 Å². The van der Waals surface area contributed by atoms with Gasteiger partial charge in [-0.05, 0) is 23.4 Å². The van der Waals surface area contributed by atoms with Crippen LogP contribution in [0.15, 0.2) is 33.7 Å². The summed E-state index contributed by atoms with van der Waals surface area (Å²) in [5.74, 6) is -3.13. The maximum Gasteiger partial charge on any atom is 0.341 e. The van der Waals surface area contributed by atoms with Crippen molar-refractivity contribution in [3.05, 3.63) is 24.3 Å². The van der Waals surface area contributed by atoms with Crippen LogP contribution in [0.5, 0.6) is 0 Å². The van der Waals surface area contributed by atoms with Gasteiger partial charge in [0, 0.05) is 19.7 Å². The Morgan fingerprint density at radius 1 is 1.30 bits per heavy atom. The molecule has 2 aromatic rings. The highest BCUT2D eigenvalue weighted by Gasteiger charge is 2.27. The molecule has 0 amide bonds. The van der Waals surface area contributed by atoms with E-state index in [2.05, 4.69) is 10.1 Å². The van der Waals surface area contributed by atoms with Gasteiger partial charge in [-0.25, -0.2) is 8.42 Å². The van der Waals surface area contributed by atoms with E-state index in [4.69, 9.17) is 4.52 Å². The molecule has 0 aliphatic heterocycles. The first-order valence-electron chi connectivity index (χ1n) is 5.46. The summed E-state index contributed by atoms with van der Waals surface area (Å²) in [4.78, 5) is 5.11. The third kappa shape index (κ3) is 2.62. The molecule has 0 radical (unpaired) electrons. The van der Waals surface area contributed by atoms with Gasteiger partial charge in [-0.2, -0.15) is 13.8 Å². The Bertz CT molecular complexity index is 713. The summed E-state index contributed by atoms with van der Waals surface area (Å²) in [5.41, 5.74) is 0.257. The molecule has 0 aliphatic carbocycles. The third-order valence-electron chi connectivity index (χ3n) is 2.46. The molecule has 0 saturated heterocycles. The zero-order chi connectivity index (χ0) is 14.9. The van der Waals surface area contributed by atoms with Crippen molar-refractivity contribution < 1.29 is 21.7 Å². The second kappa shape index (κ2) is 5.16. The van der Waals surface area contributed by atoms with Crippen molar-refractivity contribution >= 4 is 15.8 Å². The van der Waals surface area contributed by atoms with Crippen molar-refractivity contribution in [3.8, 4) is 11.5 Å². The van der Waals surface area contributed by atoms with Gasteiger partial charge in [0.15, 0.2) is 0 Å². The number of hydrogen-bond acceptors (Lipinski definition) is 6. The molecule has 0 atom stereocenters. The minimum atomic E-state index is -4.65. The number of rotatable bonds is 4. The van der Waals surface area contributed by atoms with Gasteiger partial charge in [0.1, 0.15) is 0 Å². The number of benzene rings is 1. The van der Waals surface area contributed by atoms with Gasteiger partial charge in [0.25, 0.3) is 11.8 Å². The predicted molar refractivity (Wildman–Crippen MR) is 67.3 cm³/mol. The van der Waals surface area contributed by atoms with Crippen LogP contribution < -0.4 is 4.90 Å². The molecule has 20 heavy (non-hydrogen) atoms. The molecule has 0 fully saturated rings. The van der Waals surface area contributed by atoms with Crippen LogP contribution in [0.25, 0.3) is 11.5 Å². The summed E-state index contributed by atoms with van der Waals surface area (Å²) in [6, 6.07) is 5.00. The monoisotopic (exact) mass is 303 g/mol. The lowest BCUT2D eigenvalue weighted by atomic mass is 10.2. The lowest BCUT2D eigenvalue weighted by molar-refractivity contribution is 0.234. The lowest BCUT2D eigenvalue weighted by Crippen LogP contribution is -2.11. The van der Waals surface area contributed by atoms with E-state index in [1.165, 1.54) is 12.1 Å². The van der Waals surface area contributed by atoms with Crippen LogP contribution in [0.1, 0.15) is 0 Å². The molecule has 1 heterocycles. The molecule has 1 aromatic heterocycles. The summed E-state index contributed by atoms with van der Waals surface area (Å²) >= 11 is 0. The van der Waals surface area contributed by atoms with Crippen molar-refractivity contribution in [1.29, 1.82) is 0 Å². The second-order valence-corrected chi connectivity index (χ2v) is 6.05. The molecule has 0 bridgehead atoms. The van der Waals surface area contributed by atoms with Gasteiger partial charge in [0.2, 0.25) is 9.84 Å². The normalized spacial score (nSPS) is 11.8. The molecule has 0 saturated carbocycles. The van der Waals surface area contributed by atoms with Crippen molar-refractivity contribution in [2.24, 2.45) is 0 Å². The summed E-state index contributed by atoms with van der Waals surface area (Å²) < 4.78 is 52.8. The third-order valence-corrected chi connectivity index (χ3v) is 3.84. The van der Waals surface area contributed by atoms with E-state index in [0.29, 0.717) is 5.95 Å². The first kappa shape index (κ1) is 14.4. The van der Waals surface area contributed by atoms with Gasteiger partial charge in [0.05, 0.1) is 4.90 Å². The van der Waals surface area contributed by atoms with Crippen LogP contribution in [0.3, 0.4) is 0 Å². The minimum Gasteiger partial charge on any atom is -0.344 e. The average molecular weight is 303 g/mol. The molecule has 0 unspecified atom stereocenters. The Hall–Kier alpha value is -2.03. The summed E-state index contributed by atoms with van der Waals surface area (Å²) in [5, 5.41) is 3.66. The van der Waals surface area contributed by atoms with Crippen molar-refractivity contribution in [1.82, 2.24) is 10.1 Å². The summed E-state index contributed by atoms with van der Waals surface area (Å²) in [6.45, 7) is 0. The number of nitrogens with zero attached hydrogens (tertiary/aromatic N) is 3. The van der Waals surface area contributed by atoms with E-state index in [1.54, 1.807) is 19.0 Å². The fraction of sp³-hybridized carbons (Fsp3) is 0.273. The molecular weight excluding hydrogens is 292 g/mol. The zero-order valence-electron chi connectivity index (χ0n) is 10.6. The van der Waals surface area contributed by atoms with Crippen LogP contribution in [0.2, 0.25) is 0 Å². The molecule has 1 aromatic carbocycles. The van der Waals surface area contributed by atoms with Crippen molar-refractivity contribution in [3.63, 3.8) is 0 Å². The first-order chi connectivity index (χ1) is 9.32. The Kier molecular flexibility index (Phi) is 3.71. The predicted octanol–water partition coefficient (Wildman–Crippen LogP) is 1.80. The second-order valence-electron chi connectivity index (χ2n) is 4.13. The van der Waals surface area contributed by atoms with E-state index >= 15 is 0 Å². The van der Waals surface area contributed by atoms with Gasteiger partial charge in [-0.15, -0.1) is 0 Å². The highest BCUT2D eigenvalue weighted by atomic mass is 32.2. The number of aromatic nitrogens is 2. The molecule has 0 N–H and O–H groups in total. The highest BCUT2D eigenvalue weighted by Crippen LogP contribution is 2.25. The number of alkyl halides is 2. The Morgan fingerprint density at radius 2 is 2.00 bits per heavy atom. The van der Waals surface area contributed by atoms with Crippen LogP contribution in [0, 0.1) is 0 Å². The standard InChI is InChI=1S/C11H11F2N3O3S/c1-16(2)11-14-9(19-15-11)7-4-3-5-8(6-7)20(17,18)10(12)13/h3-6,10H,1-2H3. The minimum absolute atomic E-state index is 0.0556. The lowest BCUT2D eigenvalue weighted by Gasteiger charge is -2.04. The molecule has 108 valence electrons. The van der Waals surface area contributed by atoms with Crippen LogP contribution in [-0.2, 0) is 9.84 Å². The van der Waals surface area contributed by atoms with E-state index in [-0.39, 0.29) is 11.5 Å². The Balaban J connectivity index is 2.44. The molecule has 9 heteroatoms. The zero-order valence-corrected chi connectivity index (χ0v) is 11.4. The SMILES string of the molecule is CN(C)c1noc(-c2cccc(S(=O)(=O)C(F)F)c2)n1. The van der Waals surface area contributed by atoms with Crippen molar-refractivity contribution in [2.45, 2.75) is 10.7 Å². The van der Waals surface area contributed by atoms with Gasteiger partial charge in [-0.1, -0.05) is 6.07 Å². The molecular formula is C11H11F2N3O3S. The largest absolute Gasteiger partial charge is 0.344 e.